The largest absolute Gasteiger partial charge is 0.327 e. The summed E-state index contributed by atoms with van der Waals surface area (Å²) in [6.07, 6.45) is 6.61. The van der Waals surface area contributed by atoms with Gasteiger partial charge in [0.15, 0.2) is 0 Å². The van der Waals surface area contributed by atoms with Crippen LogP contribution in [0, 0.1) is 11.8 Å². The fraction of sp³-hybridized carbons (Fsp3) is 1.00. The lowest BCUT2D eigenvalue weighted by molar-refractivity contribution is 0.0787. The van der Waals surface area contributed by atoms with Crippen LogP contribution in [0.25, 0.3) is 0 Å². The molecule has 0 aromatic rings. The van der Waals surface area contributed by atoms with Gasteiger partial charge in [-0.2, -0.15) is 0 Å². The molecule has 1 aliphatic rings. The second kappa shape index (κ2) is 7.38. The van der Waals surface area contributed by atoms with Gasteiger partial charge in [-0.15, -0.1) is 0 Å². The SMILES string of the molecule is CCCCC(CC)CN1CCC(N)C(C)C1C. The Morgan fingerprint density at radius 1 is 1.29 bits per heavy atom. The van der Waals surface area contributed by atoms with Gasteiger partial charge in [-0.05, 0) is 38.1 Å². The number of piperidine rings is 1. The van der Waals surface area contributed by atoms with Crippen LogP contribution in [0.2, 0.25) is 0 Å². The molecule has 1 heterocycles. The average molecular weight is 240 g/mol. The van der Waals surface area contributed by atoms with Gasteiger partial charge < -0.3 is 10.6 Å². The Balaban J connectivity index is 2.43. The van der Waals surface area contributed by atoms with E-state index in [1.807, 2.05) is 0 Å². The molecule has 0 radical (unpaired) electrons. The van der Waals surface area contributed by atoms with E-state index in [0.717, 1.165) is 5.92 Å². The van der Waals surface area contributed by atoms with Crippen molar-refractivity contribution in [3.63, 3.8) is 0 Å². The fourth-order valence-corrected chi connectivity index (χ4v) is 2.98. The predicted octanol–water partition coefficient (Wildman–Crippen LogP) is 3.26. The van der Waals surface area contributed by atoms with Gasteiger partial charge in [0.05, 0.1) is 0 Å². The van der Waals surface area contributed by atoms with Crippen molar-refractivity contribution in [3.8, 4) is 0 Å². The number of rotatable bonds is 6. The summed E-state index contributed by atoms with van der Waals surface area (Å²) < 4.78 is 0. The van der Waals surface area contributed by atoms with Crippen LogP contribution in [0.3, 0.4) is 0 Å². The van der Waals surface area contributed by atoms with Crippen molar-refractivity contribution in [1.29, 1.82) is 0 Å². The summed E-state index contributed by atoms with van der Waals surface area (Å²) in [6, 6.07) is 1.08. The van der Waals surface area contributed by atoms with Crippen molar-refractivity contribution in [3.05, 3.63) is 0 Å². The second-order valence-corrected chi connectivity index (χ2v) is 5.96. The Morgan fingerprint density at radius 2 is 2.00 bits per heavy atom. The molecule has 1 aliphatic heterocycles. The first-order valence-corrected chi connectivity index (χ1v) is 7.59. The van der Waals surface area contributed by atoms with Gasteiger partial charge in [0, 0.05) is 18.6 Å². The van der Waals surface area contributed by atoms with Crippen LogP contribution in [-0.4, -0.2) is 30.1 Å². The molecule has 17 heavy (non-hydrogen) atoms. The Labute approximate surface area is 108 Å². The Kier molecular flexibility index (Phi) is 6.50. The van der Waals surface area contributed by atoms with Crippen LogP contribution in [0.1, 0.15) is 59.8 Å². The molecule has 1 saturated heterocycles. The zero-order valence-corrected chi connectivity index (χ0v) is 12.3. The van der Waals surface area contributed by atoms with Crippen LogP contribution in [-0.2, 0) is 0 Å². The molecule has 0 bridgehead atoms. The summed E-state index contributed by atoms with van der Waals surface area (Å²) in [4.78, 5) is 2.68. The Morgan fingerprint density at radius 3 is 2.59 bits per heavy atom. The number of hydrogen-bond acceptors (Lipinski definition) is 2. The Hall–Kier alpha value is -0.0800. The van der Waals surface area contributed by atoms with E-state index < -0.39 is 0 Å². The van der Waals surface area contributed by atoms with Crippen molar-refractivity contribution < 1.29 is 0 Å². The van der Waals surface area contributed by atoms with Gasteiger partial charge in [0.25, 0.3) is 0 Å². The van der Waals surface area contributed by atoms with E-state index in [1.54, 1.807) is 0 Å². The smallest absolute Gasteiger partial charge is 0.0107 e. The number of hydrogen-bond donors (Lipinski definition) is 1. The first kappa shape index (κ1) is 15.0. The van der Waals surface area contributed by atoms with Gasteiger partial charge in [0.2, 0.25) is 0 Å². The van der Waals surface area contributed by atoms with Crippen molar-refractivity contribution in [2.75, 3.05) is 13.1 Å². The summed E-state index contributed by atoms with van der Waals surface area (Å²) >= 11 is 0. The summed E-state index contributed by atoms with van der Waals surface area (Å²) in [5.41, 5.74) is 6.15. The highest BCUT2D eigenvalue weighted by atomic mass is 15.2. The van der Waals surface area contributed by atoms with Crippen LogP contribution >= 0.6 is 0 Å². The van der Waals surface area contributed by atoms with E-state index in [0.29, 0.717) is 18.0 Å². The van der Waals surface area contributed by atoms with Crippen molar-refractivity contribution >= 4 is 0 Å². The van der Waals surface area contributed by atoms with Crippen LogP contribution < -0.4 is 5.73 Å². The molecule has 0 spiro atoms. The van der Waals surface area contributed by atoms with Crippen molar-refractivity contribution in [1.82, 2.24) is 4.90 Å². The standard InChI is InChI=1S/C15H32N2/c1-5-7-8-14(6-2)11-17-10-9-15(16)12(3)13(17)4/h12-15H,5-11,16H2,1-4H3. The van der Waals surface area contributed by atoms with E-state index in [4.69, 9.17) is 5.73 Å². The quantitative estimate of drug-likeness (QED) is 0.772. The molecule has 102 valence electrons. The van der Waals surface area contributed by atoms with Gasteiger partial charge in [-0.1, -0.05) is 40.0 Å². The molecule has 0 amide bonds. The highest BCUT2D eigenvalue weighted by molar-refractivity contribution is 4.87. The van der Waals surface area contributed by atoms with Crippen LogP contribution in [0.4, 0.5) is 0 Å². The molecule has 2 heteroatoms. The van der Waals surface area contributed by atoms with Gasteiger partial charge in [0.1, 0.15) is 0 Å². The number of likely N-dealkylation sites (tertiary alicyclic amines) is 1. The first-order chi connectivity index (χ1) is 8.10. The van der Waals surface area contributed by atoms with Gasteiger partial charge in [-0.25, -0.2) is 0 Å². The lowest BCUT2D eigenvalue weighted by atomic mass is 9.86. The zero-order chi connectivity index (χ0) is 12.8. The molecule has 2 nitrogen and oxygen atoms in total. The van der Waals surface area contributed by atoms with Crippen LogP contribution in [0.15, 0.2) is 0 Å². The topological polar surface area (TPSA) is 29.3 Å². The second-order valence-electron chi connectivity index (χ2n) is 5.96. The summed E-state index contributed by atoms with van der Waals surface area (Å²) in [7, 11) is 0. The van der Waals surface area contributed by atoms with E-state index in [-0.39, 0.29) is 0 Å². The van der Waals surface area contributed by atoms with Gasteiger partial charge >= 0.3 is 0 Å². The minimum Gasteiger partial charge on any atom is -0.327 e. The molecule has 2 N–H and O–H groups in total. The first-order valence-electron chi connectivity index (χ1n) is 7.59. The summed E-state index contributed by atoms with van der Waals surface area (Å²) in [5.74, 6) is 1.53. The molecule has 1 rings (SSSR count). The van der Waals surface area contributed by atoms with E-state index >= 15 is 0 Å². The molecular formula is C15H32N2. The lowest BCUT2D eigenvalue weighted by Gasteiger charge is -2.42. The average Bonchev–Trinajstić information content (AvgIpc) is 2.34. The molecule has 0 aliphatic carbocycles. The molecule has 1 fully saturated rings. The minimum absolute atomic E-state index is 0.414. The van der Waals surface area contributed by atoms with Gasteiger partial charge in [-0.3, -0.25) is 0 Å². The molecule has 4 unspecified atom stereocenters. The highest BCUT2D eigenvalue weighted by Crippen LogP contribution is 2.25. The monoisotopic (exact) mass is 240 g/mol. The van der Waals surface area contributed by atoms with Crippen LogP contribution in [0.5, 0.6) is 0 Å². The third kappa shape index (κ3) is 4.26. The molecule has 0 aromatic heterocycles. The number of nitrogens with zero attached hydrogens (tertiary/aromatic N) is 1. The summed E-state index contributed by atoms with van der Waals surface area (Å²) in [5, 5.41) is 0. The maximum atomic E-state index is 6.15. The van der Waals surface area contributed by atoms with Crippen molar-refractivity contribution in [2.24, 2.45) is 17.6 Å². The molecule has 0 saturated carbocycles. The van der Waals surface area contributed by atoms with E-state index in [1.165, 1.54) is 45.2 Å². The molecule has 4 atom stereocenters. The summed E-state index contributed by atoms with van der Waals surface area (Å²) in [6.45, 7) is 11.8. The predicted molar refractivity (Wildman–Crippen MR) is 76.1 cm³/mol. The Bertz CT molecular complexity index is 205. The highest BCUT2D eigenvalue weighted by Gasteiger charge is 2.30. The lowest BCUT2D eigenvalue weighted by Crippen LogP contribution is -2.52. The van der Waals surface area contributed by atoms with E-state index in [2.05, 4.69) is 32.6 Å². The molecular weight excluding hydrogens is 208 g/mol. The number of nitrogens with two attached hydrogens (primary N) is 1. The minimum atomic E-state index is 0.414. The van der Waals surface area contributed by atoms with E-state index in [9.17, 15) is 0 Å². The normalized spacial score (nSPS) is 32.6. The zero-order valence-electron chi connectivity index (χ0n) is 12.3. The third-order valence-electron chi connectivity index (χ3n) is 4.80. The third-order valence-corrected chi connectivity index (χ3v) is 4.80. The maximum Gasteiger partial charge on any atom is 0.0107 e. The number of unbranched alkanes of at least 4 members (excludes halogenated alkanes) is 1. The van der Waals surface area contributed by atoms with Crippen molar-refractivity contribution in [2.45, 2.75) is 71.9 Å². The maximum absolute atomic E-state index is 6.15. The fourth-order valence-electron chi connectivity index (χ4n) is 2.98. The molecule has 0 aromatic carbocycles.